The fraction of sp³-hybridized carbons (Fsp3) is 0.238. The standard InChI is InChI=1S/C21H19BrN2O2/c1-12-8-15-9-16(22)10-17-19(15)24(12)11-18(20(17)25)21(26)23-13(2)14-6-4-3-5-7-14/h3-7,9-13H,8H2,1-2H3,(H,23,26)/t12-,13-/m1/s1. The molecular formula is C21H19BrN2O2. The molecule has 1 aromatic heterocycles. The van der Waals surface area contributed by atoms with Crippen molar-refractivity contribution in [2.75, 3.05) is 0 Å². The largest absolute Gasteiger partial charge is 0.345 e. The summed E-state index contributed by atoms with van der Waals surface area (Å²) >= 11 is 3.49. The van der Waals surface area contributed by atoms with E-state index in [1.807, 2.05) is 43.3 Å². The highest BCUT2D eigenvalue weighted by molar-refractivity contribution is 9.10. The van der Waals surface area contributed by atoms with Gasteiger partial charge >= 0.3 is 0 Å². The van der Waals surface area contributed by atoms with Gasteiger partial charge in [-0.1, -0.05) is 46.3 Å². The second-order valence-electron chi connectivity index (χ2n) is 6.90. The Balaban J connectivity index is 1.77. The molecule has 1 aliphatic rings. The van der Waals surface area contributed by atoms with Gasteiger partial charge in [0.1, 0.15) is 5.56 Å². The van der Waals surface area contributed by atoms with Crippen LogP contribution in [-0.4, -0.2) is 10.5 Å². The Morgan fingerprint density at radius 2 is 2.00 bits per heavy atom. The highest BCUT2D eigenvalue weighted by atomic mass is 79.9. The Morgan fingerprint density at radius 1 is 1.27 bits per heavy atom. The second kappa shape index (κ2) is 6.40. The normalized spacial score (nSPS) is 16.7. The summed E-state index contributed by atoms with van der Waals surface area (Å²) < 4.78 is 2.92. The number of hydrogen-bond donors (Lipinski definition) is 1. The molecule has 2 aromatic carbocycles. The van der Waals surface area contributed by atoms with Crippen LogP contribution in [0.1, 0.15) is 47.4 Å². The van der Waals surface area contributed by atoms with Gasteiger partial charge in [-0.3, -0.25) is 9.59 Å². The number of hydrogen-bond acceptors (Lipinski definition) is 2. The number of amides is 1. The lowest BCUT2D eigenvalue weighted by molar-refractivity contribution is 0.0938. The molecule has 0 fully saturated rings. The van der Waals surface area contributed by atoms with Crippen molar-refractivity contribution in [1.29, 1.82) is 0 Å². The number of pyridine rings is 1. The number of rotatable bonds is 3. The van der Waals surface area contributed by atoms with Crippen LogP contribution in [0.2, 0.25) is 0 Å². The van der Waals surface area contributed by atoms with Crippen molar-refractivity contribution in [2.45, 2.75) is 32.4 Å². The van der Waals surface area contributed by atoms with Crippen molar-refractivity contribution in [3.05, 3.63) is 80.0 Å². The molecule has 1 aliphatic heterocycles. The van der Waals surface area contributed by atoms with E-state index in [4.69, 9.17) is 0 Å². The summed E-state index contributed by atoms with van der Waals surface area (Å²) in [6, 6.07) is 13.6. The van der Waals surface area contributed by atoms with Crippen LogP contribution in [0.25, 0.3) is 10.9 Å². The van der Waals surface area contributed by atoms with E-state index in [0.29, 0.717) is 5.39 Å². The van der Waals surface area contributed by atoms with Crippen LogP contribution in [0.4, 0.5) is 0 Å². The lowest BCUT2D eigenvalue weighted by Crippen LogP contribution is -2.31. The van der Waals surface area contributed by atoms with Gasteiger partial charge in [0.2, 0.25) is 5.43 Å². The number of carbonyl (C=O) groups is 1. The quantitative estimate of drug-likeness (QED) is 0.696. The summed E-state index contributed by atoms with van der Waals surface area (Å²) in [4.78, 5) is 25.8. The monoisotopic (exact) mass is 410 g/mol. The molecule has 1 N–H and O–H groups in total. The average Bonchev–Trinajstić information content (AvgIpc) is 2.93. The molecule has 4 rings (SSSR count). The van der Waals surface area contributed by atoms with Crippen LogP contribution in [0.15, 0.2) is 57.9 Å². The van der Waals surface area contributed by atoms with Crippen LogP contribution in [0, 0.1) is 0 Å². The van der Waals surface area contributed by atoms with Crippen LogP contribution in [-0.2, 0) is 6.42 Å². The number of carbonyl (C=O) groups excluding carboxylic acids is 1. The Labute approximate surface area is 160 Å². The molecule has 0 saturated carbocycles. The molecule has 3 aromatic rings. The third kappa shape index (κ3) is 2.76. The molecule has 0 unspecified atom stereocenters. The lowest BCUT2D eigenvalue weighted by atomic mass is 10.1. The van der Waals surface area contributed by atoms with E-state index in [1.165, 1.54) is 0 Å². The zero-order valence-electron chi connectivity index (χ0n) is 14.6. The van der Waals surface area contributed by atoms with E-state index in [0.717, 1.165) is 27.5 Å². The van der Waals surface area contributed by atoms with Crippen molar-refractivity contribution >= 4 is 32.7 Å². The summed E-state index contributed by atoms with van der Waals surface area (Å²) in [5.74, 6) is -0.336. The molecule has 0 spiro atoms. The molecule has 4 nitrogen and oxygen atoms in total. The molecule has 0 aliphatic carbocycles. The zero-order chi connectivity index (χ0) is 18.4. The van der Waals surface area contributed by atoms with Gasteiger partial charge in [-0.25, -0.2) is 0 Å². The summed E-state index contributed by atoms with van der Waals surface area (Å²) in [5.41, 5.74) is 3.07. The van der Waals surface area contributed by atoms with E-state index >= 15 is 0 Å². The number of halogens is 1. The Bertz CT molecular complexity index is 1070. The van der Waals surface area contributed by atoms with E-state index in [1.54, 1.807) is 6.20 Å². The topological polar surface area (TPSA) is 51.1 Å². The molecule has 132 valence electrons. The maximum atomic E-state index is 13.0. The maximum absolute atomic E-state index is 13.0. The van der Waals surface area contributed by atoms with Crippen LogP contribution < -0.4 is 10.7 Å². The van der Waals surface area contributed by atoms with E-state index in [2.05, 4.69) is 38.8 Å². The average molecular weight is 411 g/mol. The van der Waals surface area contributed by atoms with Gasteiger partial charge in [0.25, 0.3) is 5.91 Å². The van der Waals surface area contributed by atoms with Gasteiger partial charge in [-0.2, -0.15) is 0 Å². The molecule has 5 heteroatoms. The fourth-order valence-electron chi connectivity index (χ4n) is 3.72. The molecule has 0 bridgehead atoms. The van der Waals surface area contributed by atoms with Gasteiger partial charge in [-0.15, -0.1) is 0 Å². The first-order chi connectivity index (χ1) is 12.5. The highest BCUT2D eigenvalue weighted by Gasteiger charge is 2.25. The Morgan fingerprint density at radius 3 is 2.73 bits per heavy atom. The first kappa shape index (κ1) is 17.0. The maximum Gasteiger partial charge on any atom is 0.257 e. The van der Waals surface area contributed by atoms with Crippen LogP contribution >= 0.6 is 15.9 Å². The van der Waals surface area contributed by atoms with E-state index < -0.39 is 0 Å². The highest BCUT2D eigenvalue weighted by Crippen LogP contribution is 2.33. The van der Waals surface area contributed by atoms with Gasteiger partial charge < -0.3 is 9.88 Å². The van der Waals surface area contributed by atoms with Crippen molar-refractivity contribution in [2.24, 2.45) is 0 Å². The SMILES string of the molecule is C[C@@H]1Cc2cc(Br)cc3c(=O)c(C(=O)N[C@H](C)c4ccccc4)cn1c23. The first-order valence-corrected chi connectivity index (χ1v) is 9.48. The summed E-state index contributed by atoms with van der Waals surface area (Å²) in [6.45, 7) is 4.02. The number of benzene rings is 2. The zero-order valence-corrected chi connectivity index (χ0v) is 16.2. The molecule has 2 atom stereocenters. The summed E-state index contributed by atoms with van der Waals surface area (Å²) in [6.07, 6.45) is 2.58. The van der Waals surface area contributed by atoms with Gasteiger partial charge in [0.15, 0.2) is 0 Å². The second-order valence-corrected chi connectivity index (χ2v) is 7.81. The number of aromatic nitrogens is 1. The molecule has 0 saturated heterocycles. The van der Waals surface area contributed by atoms with Gasteiger partial charge in [0, 0.05) is 22.1 Å². The minimum absolute atomic E-state index is 0.173. The third-order valence-corrected chi connectivity index (χ3v) is 5.51. The van der Waals surface area contributed by atoms with Crippen LogP contribution in [0.3, 0.4) is 0 Å². The third-order valence-electron chi connectivity index (χ3n) is 5.05. The van der Waals surface area contributed by atoms with E-state index in [9.17, 15) is 9.59 Å². The predicted molar refractivity (Wildman–Crippen MR) is 107 cm³/mol. The minimum atomic E-state index is -0.336. The molecule has 1 amide bonds. The molecule has 0 radical (unpaired) electrons. The van der Waals surface area contributed by atoms with Crippen molar-refractivity contribution in [3.63, 3.8) is 0 Å². The number of nitrogens with zero attached hydrogens (tertiary/aromatic N) is 1. The molecule has 26 heavy (non-hydrogen) atoms. The van der Waals surface area contributed by atoms with Gasteiger partial charge in [0.05, 0.1) is 11.6 Å². The van der Waals surface area contributed by atoms with Crippen molar-refractivity contribution in [1.82, 2.24) is 9.88 Å². The minimum Gasteiger partial charge on any atom is -0.345 e. The van der Waals surface area contributed by atoms with Crippen molar-refractivity contribution in [3.8, 4) is 0 Å². The van der Waals surface area contributed by atoms with Crippen LogP contribution in [0.5, 0.6) is 0 Å². The van der Waals surface area contributed by atoms with Gasteiger partial charge in [-0.05, 0) is 43.5 Å². The Hall–Kier alpha value is -2.40. The molecule has 2 heterocycles. The summed E-state index contributed by atoms with van der Waals surface area (Å²) in [5, 5.41) is 3.55. The Kier molecular flexibility index (Phi) is 4.19. The molecular weight excluding hydrogens is 392 g/mol. The predicted octanol–water partition coefficient (Wildman–Crippen LogP) is 4.37. The smallest absolute Gasteiger partial charge is 0.257 e. The first-order valence-electron chi connectivity index (χ1n) is 8.69. The fourth-order valence-corrected chi connectivity index (χ4v) is 4.23. The van der Waals surface area contributed by atoms with Crippen molar-refractivity contribution < 1.29 is 4.79 Å². The summed E-state index contributed by atoms with van der Waals surface area (Å²) in [7, 11) is 0. The number of nitrogens with one attached hydrogen (secondary N) is 1. The van der Waals surface area contributed by atoms with E-state index in [-0.39, 0.29) is 29.0 Å². The lowest BCUT2D eigenvalue weighted by Gasteiger charge is -2.16.